The van der Waals surface area contributed by atoms with Crippen LogP contribution in [-0.4, -0.2) is 60.5 Å². The highest BCUT2D eigenvalue weighted by Crippen LogP contribution is 2.46. The Hall–Kier alpha value is -4.11. The van der Waals surface area contributed by atoms with Crippen molar-refractivity contribution in [1.82, 2.24) is 28.9 Å². The van der Waals surface area contributed by atoms with Crippen LogP contribution in [0.25, 0.3) is 5.65 Å². The number of aliphatic carboxylic acids is 1. The predicted molar refractivity (Wildman–Crippen MR) is 140 cm³/mol. The second-order valence-electron chi connectivity index (χ2n) is 10.6. The number of carbonyl (C=O) groups is 1. The minimum Gasteiger partial charge on any atom is -0.481 e. The van der Waals surface area contributed by atoms with Crippen LogP contribution in [0.15, 0.2) is 47.6 Å². The molecule has 1 fully saturated rings. The Morgan fingerprint density at radius 3 is 2.62 bits per heavy atom. The molecule has 1 saturated carbocycles. The van der Waals surface area contributed by atoms with Gasteiger partial charge < -0.3 is 9.84 Å². The smallest absolute Gasteiger partial charge is 0.452 e. The number of pyridine rings is 3. The highest BCUT2D eigenvalue weighted by Gasteiger charge is 2.52. The van der Waals surface area contributed by atoms with Crippen molar-refractivity contribution >= 4 is 21.6 Å². The lowest BCUT2D eigenvalue weighted by atomic mass is 9.89. The molecule has 15 heteroatoms. The zero-order valence-electron chi connectivity index (χ0n) is 22.5. The lowest BCUT2D eigenvalue weighted by molar-refractivity contribution is -0.145. The summed E-state index contributed by atoms with van der Waals surface area (Å²) < 4.78 is 75.7. The quantitative estimate of drug-likeness (QED) is 0.348. The van der Waals surface area contributed by atoms with Crippen LogP contribution >= 0.6 is 0 Å². The van der Waals surface area contributed by atoms with Gasteiger partial charge in [-0.25, -0.2) is 13.4 Å². The third-order valence-electron chi connectivity index (χ3n) is 7.72. The van der Waals surface area contributed by atoms with Gasteiger partial charge in [0.2, 0.25) is 21.7 Å². The van der Waals surface area contributed by atoms with Crippen molar-refractivity contribution < 1.29 is 36.2 Å². The maximum Gasteiger partial charge on any atom is 0.452 e. The van der Waals surface area contributed by atoms with Crippen molar-refractivity contribution in [1.29, 1.82) is 0 Å². The molecular weight excluding hydrogens is 577 g/mol. The second-order valence-corrected chi connectivity index (χ2v) is 12.5. The van der Waals surface area contributed by atoms with Gasteiger partial charge in [-0.15, -0.1) is 10.2 Å². The largest absolute Gasteiger partial charge is 0.481 e. The molecule has 42 heavy (non-hydrogen) atoms. The molecule has 2 aliphatic rings. The summed E-state index contributed by atoms with van der Waals surface area (Å²) >= 11 is 0. The van der Waals surface area contributed by atoms with E-state index in [1.807, 2.05) is 0 Å². The summed E-state index contributed by atoms with van der Waals surface area (Å²) in [6.45, 7) is 3.32. The van der Waals surface area contributed by atoms with Crippen LogP contribution in [0.4, 0.5) is 13.2 Å². The molecule has 11 nitrogen and oxygen atoms in total. The van der Waals surface area contributed by atoms with E-state index in [2.05, 4.69) is 15.2 Å². The van der Waals surface area contributed by atoms with Gasteiger partial charge in [-0.2, -0.15) is 17.5 Å². The number of carboxylic acids is 1. The topological polar surface area (TPSA) is 140 Å². The second kappa shape index (κ2) is 9.73. The minimum absolute atomic E-state index is 0.0400. The van der Waals surface area contributed by atoms with E-state index in [1.165, 1.54) is 28.7 Å². The summed E-state index contributed by atoms with van der Waals surface area (Å²) in [4.78, 5) is 20.8. The summed E-state index contributed by atoms with van der Waals surface area (Å²) in [6, 6.07) is 7.74. The molecule has 1 N–H and O–H groups in total. The van der Waals surface area contributed by atoms with Crippen LogP contribution in [0.3, 0.4) is 0 Å². The average Bonchev–Trinajstić information content (AvgIpc) is 3.53. The van der Waals surface area contributed by atoms with Gasteiger partial charge in [0.1, 0.15) is 10.5 Å². The third kappa shape index (κ3) is 4.85. The molecule has 0 amide bonds. The number of aryl methyl sites for hydroxylation is 2. The maximum absolute atomic E-state index is 13.7. The highest BCUT2D eigenvalue weighted by molar-refractivity contribution is 7.89. The first kappa shape index (κ1) is 28.0. The number of sulfonamides is 1. The lowest BCUT2D eigenvalue weighted by Gasteiger charge is -2.24. The molecule has 0 radical (unpaired) electrons. The fourth-order valence-electron chi connectivity index (χ4n) is 5.30. The Labute approximate surface area is 238 Å². The van der Waals surface area contributed by atoms with Crippen molar-refractivity contribution in [3.05, 3.63) is 76.6 Å². The molecule has 0 saturated heterocycles. The van der Waals surface area contributed by atoms with E-state index in [9.17, 15) is 31.5 Å². The van der Waals surface area contributed by atoms with Crippen LogP contribution in [0.5, 0.6) is 5.88 Å². The monoisotopic (exact) mass is 602 g/mol. The molecular formula is C27H25F3N6O5S. The van der Waals surface area contributed by atoms with E-state index < -0.39 is 45.9 Å². The molecule has 1 atom stereocenters. The number of nitrogens with zero attached hydrogens (tertiary/aromatic N) is 6. The first-order chi connectivity index (χ1) is 19.8. The molecule has 0 bridgehead atoms. The number of halogens is 3. The summed E-state index contributed by atoms with van der Waals surface area (Å²) in [5, 5.41) is 16.7. The number of ether oxygens (including phenoxy) is 1. The fraction of sp³-hybridized carbons (Fsp3) is 0.370. The Kier molecular flexibility index (Phi) is 6.49. The van der Waals surface area contributed by atoms with E-state index in [4.69, 9.17) is 9.72 Å². The summed E-state index contributed by atoms with van der Waals surface area (Å²) in [6.07, 6.45) is -1.17. The van der Waals surface area contributed by atoms with E-state index in [0.717, 1.165) is 10.6 Å². The van der Waals surface area contributed by atoms with Crippen molar-refractivity contribution in [2.45, 2.75) is 62.2 Å². The summed E-state index contributed by atoms with van der Waals surface area (Å²) in [7, 11) is -4.01. The van der Waals surface area contributed by atoms with Gasteiger partial charge in [0.05, 0.1) is 25.2 Å². The van der Waals surface area contributed by atoms with Crippen molar-refractivity contribution in [2.24, 2.45) is 0 Å². The predicted octanol–water partition coefficient (Wildman–Crippen LogP) is 3.88. The number of alkyl halides is 3. The normalized spacial score (nSPS) is 18.3. The van der Waals surface area contributed by atoms with Gasteiger partial charge in [0, 0.05) is 24.0 Å². The number of hydrogen-bond donors (Lipinski definition) is 1. The molecule has 220 valence electrons. The van der Waals surface area contributed by atoms with Gasteiger partial charge >= 0.3 is 12.1 Å². The zero-order valence-corrected chi connectivity index (χ0v) is 23.3. The molecule has 0 unspecified atom stereocenters. The highest BCUT2D eigenvalue weighted by atomic mass is 32.2. The molecule has 6 rings (SSSR count). The van der Waals surface area contributed by atoms with E-state index >= 15 is 0 Å². The van der Waals surface area contributed by atoms with Crippen LogP contribution in [0.2, 0.25) is 0 Å². The minimum atomic E-state index is -4.73. The molecule has 4 aromatic heterocycles. The molecule has 5 heterocycles. The molecule has 1 spiro atoms. The van der Waals surface area contributed by atoms with Crippen LogP contribution in [0, 0.1) is 13.8 Å². The molecule has 4 aromatic rings. The Morgan fingerprint density at radius 2 is 1.93 bits per heavy atom. The van der Waals surface area contributed by atoms with Crippen LogP contribution < -0.4 is 4.74 Å². The molecule has 1 aliphatic heterocycles. The first-order valence-electron chi connectivity index (χ1n) is 13.0. The van der Waals surface area contributed by atoms with Crippen molar-refractivity contribution in [3.63, 3.8) is 0 Å². The Balaban J connectivity index is 1.40. The lowest BCUT2D eigenvalue weighted by Crippen LogP contribution is -2.38. The number of rotatable bonds is 6. The number of carboxylic acid groups (broad SMARTS) is 1. The van der Waals surface area contributed by atoms with E-state index in [0.29, 0.717) is 40.9 Å². The van der Waals surface area contributed by atoms with Gasteiger partial charge in [-0.05, 0) is 67.6 Å². The van der Waals surface area contributed by atoms with Gasteiger partial charge in [0.15, 0.2) is 5.65 Å². The Bertz CT molecular complexity index is 1840. The fourth-order valence-corrected chi connectivity index (χ4v) is 6.84. The number of fused-ring (bicyclic) bond motifs is 2. The van der Waals surface area contributed by atoms with Crippen molar-refractivity contribution in [3.8, 4) is 5.88 Å². The zero-order chi connectivity index (χ0) is 30.0. The van der Waals surface area contributed by atoms with Gasteiger partial charge in [-0.3, -0.25) is 14.2 Å². The van der Waals surface area contributed by atoms with E-state index in [1.54, 1.807) is 26.0 Å². The van der Waals surface area contributed by atoms with E-state index in [-0.39, 0.29) is 29.5 Å². The van der Waals surface area contributed by atoms with Crippen LogP contribution in [-0.2, 0) is 27.5 Å². The molecule has 1 aliphatic carbocycles. The standard InChI is InChI=1S/C27H25F3N6O5S/c1-15-5-6-19(18(12-22(37)38)17-7-11-36-23(16(17)2)33-34-25(36)27(28,29)30)32-20(15)13-35-14-26(8-9-26)41-24-21(42(35,39)40)4-3-10-31-24/h3-7,10-11,18H,8-9,12-14H2,1-2H3,(H,37,38)/t18-/m1/s1. The third-order valence-corrected chi connectivity index (χ3v) is 9.53. The summed E-state index contributed by atoms with van der Waals surface area (Å²) in [5.74, 6) is -3.13. The Morgan fingerprint density at radius 1 is 1.17 bits per heavy atom. The average molecular weight is 603 g/mol. The number of aromatic nitrogens is 5. The summed E-state index contributed by atoms with van der Waals surface area (Å²) in [5.41, 5.74) is 1.43. The molecule has 0 aromatic carbocycles. The van der Waals surface area contributed by atoms with Gasteiger partial charge in [-0.1, -0.05) is 6.07 Å². The first-order valence-corrected chi connectivity index (χ1v) is 14.5. The maximum atomic E-state index is 13.7. The van der Waals surface area contributed by atoms with Crippen molar-refractivity contribution in [2.75, 3.05) is 6.54 Å². The SMILES string of the molecule is Cc1ccc([C@H](CC(=O)O)c2ccn3c(C(F)(F)F)nnc3c2C)nc1CN1CC2(CC2)Oc2ncccc2S1(=O)=O. The number of hydrogen-bond acceptors (Lipinski definition) is 8. The van der Waals surface area contributed by atoms with Gasteiger partial charge in [0.25, 0.3) is 0 Å². The van der Waals surface area contributed by atoms with Crippen LogP contribution in [0.1, 0.15) is 59.1 Å².